The molecule has 1 aromatic carbocycles. The number of imidazole rings is 1. The summed E-state index contributed by atoms with van der Waals surface area (Å²) in [5.41, 5.74) is 23.4. The zero-order chi connectivity index (χ0) is 58.9. The number of aliphatic carboxylic acids is 2. The Morgan fingerprint density at radius 1 is 0.679 bits per heavy atom. The summed E-state index contributed by atoms with van der Waals surface area (Å²) in [7, 11) is -2.50. The van der Waals surface area contributed by atoms with E-state index in [1.807, 2.05) is 0 Å². The second-order valence-corrected chi connectivity index (χ2v) is 19.0. The average molecular weight is 1130 g/mol. The highest BCUT2D eigenvalue weighted by Gasteiger charge is 2.38. The Hall–Kier alpha value is -7.97. The van der Waals surface area contributed by atoms with Gasteiger partial charge < -0.3 is 83.8 Å². The molecule has 8 atom stereocenters. The lowest BCUT2D eigenvalue weighted by atomic mass is 10.0. The molecule has 0 bridgehead atoms. The summed E-state index contributed by atoms with van der Waals surface area (Å²) in [5, 5.41) is 41.6. The number of aliphatic hydroxyl groups excluding tert-OH is 1. The summed E-state index contributed by atoms with van der Waals surface area (Å²) in [6.07, 6.45) is 2.01. The van der Waals surface area contributed by atoms with Crippen LogP contribution in [-0.2, 0) is 71.2 Å². The van der Waals surface area contributed by atoms with Gasteiger partial charge >= 0.3 is 22.3 Å². The summed E-state index contributed by atoms with van der Waals surface area (Å²) >= 11 is 0. The number of rotatable bonds is 36. The van der Waals surface area contributed by atoms with Crippen LogP contribution in [0.1, 0.15) is 89.3 Å². The molecule has 0 unspecified atom stereocenters. The first-order valence-corrected chi connectivity index (χ1v) is 25.9. The minimum absolute atomic E-state index is 0.0137. The van der Waals surface area contributed by atoms with Crippen LogP contribution < -0.4 is 53.7 Å². The molecule has 0 saturated carbocycles. The third kappa shape index (κ3) is 23.1. The highest BCUT2D eigenvalue weighted by atomic mass is 32.3. The van der Waals surface area contributed by atoms with E-state index < -0.39 is 137 Å². The van der Waals surface area contributed by atoms with Gasteiger partial charge in [-0.15, -0.1) is 0 Å². The number of nitrogens with two attached hydrogens (primary N) is 4. The number of aromatic nitrogens is 2. The number of guanidine groups is 1. The second-order valence-electron chi connectivity index (χ2n) is 18.0. The molecule has 0 fully saturated rings. The van der Waals surface area contributed by atoms with Crippen LogP contribution in [0.3, 0.4) is 0 Å². The van der Waals surface area contributed by atoms with E-state index in [1.54, 1.807) is 13.8 Å². The van der Waals surface area contributed by atoms with E-state index in [2.05, 4.69) is 45.7 Å². The second kappa shape index (κ2) is 32.6. The topological polar surface area (TPSA) is 507 Å². The van der Waals surface area contributed by atoms with Crippen molar-refractivity contribution in [3.05, 3.63) is 48.0 Å². The fraction of sp³-hybridized carbons (Fsp3) is 0.565. The maximum atomic E-state index is 14.2. The number of H-pyrrole nitrogens is 1. The smallest absolute Gasteiger partial charge is 0.446 e. The van der Waals surface area contributed by atoms with Crippen molar-refractivity contribution < 1.29 is 80.4 Å². The standard InChI is InChI=1S/C46H72N14O17S/c1-5-7-11-34(42(70)56-31(20-36(62)63)40(68)55-30(38(48)66)18-25-13-15-27(16-14-25)77-78(74,75)76)60(4)45(73)32(21-37(64)65)57-41(69)33(23-61)58-43(71)35(12-8-6-2)59(3)44(72)29(10-9-17-52-46(49)50)54-39(67)28(47)19-26-22-51-24-53-26/h13-16,22,24,28-35,61H,5-12,17-21,23,47H2,1-4H3,(H2,48,66)(H,51,53)(H,54,67)(H,55,68)(H,56,70)(H,57,69)(H,58,71)(H,62,63)(H,64,65)(H4,49,50,52)(H,74,75,76)/t28-,29-,30-,31-,32-,33-,34-,35-/m0/s1. The van der Waals surface area contributed by atoms with Gasteiger partial charge in [-0.3, -0.25) is 57.5 Å². The molecular weight excluding hydrogens is 1050 g/mol. The quantitative estimate of drug-likeness (QED) is 0.0133. The molecule has 0 aliphatic carbocycles. The van der Waals surface area contributed by atoms with Crippen LogP contribution in [0.25, 0.3) is 0 Å². The highest BCUT2D eigenvalue weighted by Crippen LogP contribution is 2.17. The van der Waals surface area contributed by atoms with Crippen molar-refractivity contribution in [2.75, 3.05) is 27.2 Å². The first-order valence-electron chi connectivity index (χ1n) is 24.6. The Bertz CT molecular complexity index is 2510. The number of carboxylic acid groups (broad SMARTS) is 2. The summed E-state index contributed by atoms with van der Waals surface area (Å²) in [5.74, 6) is -12.0. The van der Waals surface area contributed by atoms with Crippen molar-refractivity contribution in [3.63, 3.8) is 0 Å². The van der Waals surface area contributed by atoms with E-state index in [-0.39, 0.29) is 68.8 Å². The highest BCUT2D eigenvalue weighted by molar-refractivity contribution is 7.81. The van der Waals surface area contributed by atoms with Gasteiger partial charge in [0.1, 0.15) is 48.0 Å². The number of carboxylic acids is 2. The van der Waals surface area contributed by atoms with Crippen LogP contribution in [0.2, 0.25) is 0 Å². The molecule has 31 nitrogen and oxygen atoms in total. The molecule has 434 valence electrons. The fourth-order valence-electron chi connectivity index (χ4n) is 7.65. The van der Waals surface area contributed by atoms with Crippen LogP contribution in [-0.4, -0.2) is 189 Å². The van der Waals surface area contributed by atoms with Gasteiger partial charge in [0.15, 0.2) is 5.96 Å². The average Bonchev–Trinajstić information content (AvgIpc) is 3.88. The Kier molecular flexibility index (Phi) is 27.6. The van der Waals surface area contributed by atoms with Gasteiger partial charge in [0.05, 0.1) is 31.8 Å². The lowest BCUT2D eigenvalue weighted by Crippen LogP contribution is -2.61. The number of carbonyl (C=O) groups is 10. The number of amides is 8. The van der Waals surface area contributed by atoms with Gasteiger partial charge in [-0.2, -0.15) is 8.42 Å². The van der Waals surface area contributed by atoms with Crippen LogP contribution in [0.15, 0.2) is 41.8 Å². The third-order valence-corrected chi connectivity index (χ3v) is 12.2. The van der Waals surface area contributed by atoms with Crippen LogP contribution in [0.4, 0.5) is 0 Å². The monoisotopic (exact) mass is 1120 g/mol. The molecule has 0 aliphatic heterocycles. The Morgan fingerprint density at radius 3 is 1.64 bits per heavy atom. The molecule has 18 N–H and O–H groups in total. The number of aromatic amines is 1. The van der Waals surface area contributed by atoms with E-state index in [0.29, 0.717) is 25.0 Å². The third-order valence-electron chi connectivity index (χ3n) is 11.8. The molecule has 78 heavy (non-hydrogen) atoms. The molecule has 2 rings (SSSR count). The van der Waals surface area contributed by atoms with Crippen LogP contribution in [0.5, 0.6) is 5.75 Å². The van der Waals surface area contributed by atoms with Gasteiger partial charge in [0.2, 0.25) is 47.3 Å². The first-order chi connectivity index (χ1) is 36.6. The maximum Gasteiger partial charge on any atom is 0.446 e. The number of primary amides is 1. The van der Waals surface area contributed by atoms with Crippen molar-refractivity contribution >= 4 is 75.6 Å². The van der Waals surface area contributed by atoms with Crippen molar-refractivity contribution in [1.29, 1.82) is 0 Å². The molecule has 8 amide bonds. The van der Waals surface area contributed by atoms with Gasteiger partial charge in [0, 0.05) is 45.4 Å². The van der Waals surface area contributed by atoms with E-state index in [1.165, 1.54) is 31.7 Å². The van der Waals surface area contributed by atoms with Gasteiger partial charge in [-0.05, 0) is 43.4 Å². The number of carbonyl (C=O) groups excluding carboxylic acids is 8. The lowest BCUT2D eigenvalue weighted by Gasteiger charge is -2.33. The van der Waals surface area contributed by atoms with Gasteiger partial charge in [-0.25, -0.2) is 4.98 Å². The van der Waals surface area contributed by atoms with Crippen molar-refractivity contribution in [2.24, 2.45) is 27.9 Å². The predicted octanol–water partition coefficient (Wildman–Crippen LogP) is -4.36. The maximum absolute atomic E-state index is 14.2. The van der Waals surface area contributed by atoms with Gasteiger partial charge in [-0.1, -0.05) is 51.7 Å². The number of aliphatic imine (C=N–C) groups is 1. The molecule has 1 aromatic heterocycles. The van der Waals surface area contributed by atoms with Gasteiger partial charge in [0.25, 0.3) is 0 Å². The van der Waals surface area contributed by atoms with Crippen molar-refractivity contribution in [2.45, 2.75) is 139 Å². The molecule has 32 heteroatoms. The number of unbranched alkanes of at least 4 members (excludes halogenated alkanes) is 2. The van der Waals surface area contributed by atoms with Crippen molar-refractivity contribution in [1.82, 2.24) is 46.4 Å². The van der Waals surface area contributed by atoms with E-state index >= 15 is 0 Å². The summed E-state index contributed by atoms with van der Waals surface area (Å²) in [6.45, 7) is 2.49. The molecule has 0 spiro atoms. The van der Waals surface area contributed by atoms with Crippen LogP contribution >= 0.6 is 0 Å². The normalized spacial score (nSPS) is 14.2. The number of nitrogens with zero attached hydrogens (tertiary/aromatic N) is 4. The summed E-state index contributed by atoms with van der Waals surface area (Å²) in [4.78, 5) is 146. The number of nitrogens with one attached hydrogen (secondary N) is 6. The van der Waals surface area contributed by atoms with Crippen LogP contribution in [0, 0.1) is 0 Å². The lowest BCUT2D eigenvalue weighted by molar-refractivity contribution is -0.147. The Labute approximate surface area is 449 Å². The Morgan fingerprint density at radius 2 is 1.17 bits per heavy atom. The molecule has 0 saturated heterocycles. The molecular formula is C46H72N14O17S. The Balaban J connectivity index is 2.37. The zero-order valence-electron chi connectivity index (χ0n) is 43.6. The molecule has 1 heterocycles. The number of benzene rings is 1. The number of likely N-dealkylation sites (N-methyl/N-ethyl adjacent to an activating group) is 2. The SMILES string of the molecule is CCCC[C@@H](C(=O)N[C@@H](CC(=O)O)C(=O)N[C@@H](Cc1ccc(OS(=O)(=O)O)cc1)C(N)=O)N(C)C(=O)[C@H](CC(=O)O)NC(=O)[C@H](CO)NC(=O)[C@H](CCCC)N(C)C(=O)[C@H](CCCN=C(N)N)NC(=O)[C@@H](N)Cc1cnc[nH]1. The molecule has 2 aromatic rings. The van der Waals surface area contributed by atoms with E-state index in [9.17, 15) is 71.7 Å². The summed E-state index contributed by atoms with van der Waals surface area (Å²) < 4.78 is 35.4. The van der Waals surface area contributed by atoms with Crippen molar-refractivity contribution in [3.8, 4) is 5.75 Å². The largest absolute Gasteiger partial charge is 0.481 e. The first kappa shape index (κ1) is 66.1. The minimum atomic E-state index is -4.86. The van der Waals surface area contributed by atoms with E-state index in [0.717, 1.165) is 29.0 Å². The number of hydrogen-bond acceptors (Lipinski definition) is 17. The summed E-state index contributed by atoms with van der Waals surface area (Å²) in [6, 6.07) is -7.81. The van der Waals surface area contributed by atoms with E-state index in [4.69, 9.17) is 27.5 Å². The minimum Gasteiger partial charge on any atom is -0.481 e. The molecule has 0 radical (unpaired) electrons. The predicted molar refractivity (Wildman–Crippen MR) is 275 cm³/mol. The number of aliphatic hydroxyl groups is 1. The molecule has 0 aliphatic rings. The fourth-order valence-corrected chi connectivity index (χ4v) is 8.01. The number of hydrogen-bond donors (Lipinski definition) is 14. The zero-order valence-corrected chi connectivity index (χ0v) is 44.4.